The maximum absolute atomic E-state index is 12.5. The Kier molecular flexibility index (Phi) is 5.23. The highest BCUT2D eigenvalue weighted by molar-refractivity contribution is 7.19. The summed E-state index contributed by atoms with van der Waals surface area (Å²) in [6, 6.07) is 19.5. The van der Waals surface area contributed by atoms with Crippen LogP contribution in [0.1, 0.15) is 13.8 Å². The molecule has 0 saturated heterocycles. The van der Waals surface area contributed by atoms with Crippen LogP contribution in [0, 0.1) is 0 Å². The Hall–Kier alpha value is -3.19. The minimum Gasteiger partial charge on any atom is -0.465 e. The number of aromatic nitrogens is 1. The molecule has 0 atom stereocenters. The number of rotatable bonds is 5. The van der Waals surface area contributed by atoms with E-state index in [0.29, 0.717) is 5.13 Å². The number of hydrogen-bond donors (Lipinski definition) is 3. The van der Waals surface area contributed by atoms with Gasteiger partial charge >= 0.3 is 6.09 Å². The molecule has 3 rings (SSSR count). The van der Waals surface area contributed by atoms with Gasteiger partial charge in [0.15, 0.2) is 5.13 Å². The van der Waals surface area contributed by atoms with Crippen LogP contribution in [-0.2, 0) is 4.79 Å². The van der Waals surface area contributed by atoms with E-state index >= 15 is 0 Å². The molecular formula is C20H19N3O3S. The van der Waals surface area contributed by atoms with E-state index in [1.165, 1.54) is 25.2 Å². The molecule has 0 aliphatic rings. The van der Waals surface area contributed by atoms with E-state index in [9.17, 15) is 9.59 Å². The molecule has 0 aliphatic carbocycles. The number of thiazole rings is 1. The molecule has 0 fully saturated rings. The lowest BCUT2D eigenvalue weighted by atomic mass is 10.1. The second-order valence-corrected chi connectivity index (χ2v) is 7.44. The number of carbonyl (C=O) groups excluding carboxylic acids is 1. The van der Waals surface area contributed by atoms with Crippen LogP contribution >= 0.6 is 11.3 Å². The molecule has 0 unspecified atom stereocenters. The average molecular weight is 381 g/mol. The summed E-state index contributed by atoms with van der Waals surface area (Å²) in [7, 11) is 0. The molecular weight excluding hydrogens is 362 g/mol. The first kappa shape index (κ1) is 18.6. The van der Waals surface area contributed by atoms with Crippen LogP contribution in [0.2, 0.25) is 0 Å². The molecule has 2 aromatic carbocycles. The summed E-state index contributed by atoms with van der Waals surface area (Å²) < 4.78 is 0. The molecule has 7 heteroatoms. The minimum atomic E-state index is -1.28. The van der Waals surface area contributed by atoms with Crippen molar-refractivity contribution in [2.75, 3.05) is 5.32 Å². The van der Waals surface area contributed by atoms with Crippen LogP contribution in [-0.4, -0.2) is 27.6 Å². The summed E-state index contributed by atoms with van der Waals surface area (Å²) in [6.07, 6.45) is -1.26. The Morgan fingerprint density at radius 1 is 0.963 bits per heavy atom. The number of hydrogen-bond acceptors (Lipinski definition) is 4. The van der Waals surface area contributed by atoms with E-state index in [1.807, 2.05) is 60.7 Å². The third-order valence-electron chi connectivity index (χ3n) is 3.92. The summed E-state index contributed by atoms with van der Waals surface area (Å²) in [5, 5.41) is 14.3. The molecule has 2 amide bonds. The van der Waals surface area contributed by atoms with Crippen LogP contribution < -0.4 is 10.6 Å². The minimum absolute atomic E-state index is 0.415. The fraction of sp³-hybridized carbons (Fsp3) is 0.150. The average Bonchev–Trinajstić information content (AvgIpc) is 3.06. The van der Waals surface area contributed by atoms with Crippen LogP contribution in [0.25, 0.3) is 21.7 Å². The lowest BCUT2D eigenvalue weighted by molar-refractivity contribution is -0.121. The fourth-order valence-electron chi connectivity index (χ4n) is 2.53. The molecule has 1 aromatic heterocycles. The van der Waals surface area contributed by atoms with Gasteiger partial charge in [-0.1, -0.05) is 72.0 Å². The maximum Gasteiger partial charge on any atom is 0.405 e. The third-order valence-corrected chi connectivity index (χ3v) is 4.94. The van der Waals surface area contributed by atoms with E-state index in [4.69, 9.17) is 5.11 Å². The fourth-order valence-corrected chi connectivity index (χ4v) is 3.52. The van der Waals surface area contributed by atoms with Gasteiger partial charge in [0.1, 0.15) is 5.54 Å². The quantitative estimate of drug-likeness (QED) is 0.608. The number of nitrogens with zero attached hydrogens (tertiary/aromatic N) is 1. The Balaban J connectivity index is 1.97. The largest absolute Gasteiger partial charge is 0.465 e. The lowest BCUT2D eigenvalue weighted by Crippen LogP contribution is -2.51. The van der Waals surface area contributed by atoms with Gasteiger partial charge < -0.3 is 10.4 Å². The molecule has 0 radical (unpaired) electrons. The van der Waals surface area contributed by atoms with Crippen LogP contribution in [0.5, 0.6) is 0 Å². The van der Waals surface area contributed by atoms with Gasteiger partial charge in [-0.2, -0.15) is 0 Å². The van der Waals surface area contributed by atoms with Crippen molar-refractivity contribution >= 4 is 28.5 Å². The first-order valence-corrected chi connectivity index (χ1v) is 9.13. The van der Waals surface area contributed by atoms with Gasteiger partial charge in [0.05, 0.1) is 10.6 Å². The highest BCUT2D eigenvalue weighted by Gasteiger charge is 2.30. The number of benzene rings is 2. The van der Waals surface area contributed by atoms with Crippen molar-refractivity contribution in [3.63, 3.8) is 0 Å². The van der Waals surface area contributed by atoms with Gasteiger partial charge in [0.25, 0.3) is 5.91 Å². The van der Waals surface area contributed by atoms with E-state index in [0.717, 1.165) is 21.7 Å². The summed E-state index contributed by atoms with van der Waals surface area (Å²) >= 11 is 1.35. The highest BCUT2D eigenvalue weighted by Crippen LogP contribution is 2.39. The molecule has 0 aliphatic heterocycles. The zero-order chi connectivity index (χ0) is 19.4. The number of nitrogens with one attached hydrogen (secondary N) is 2. The van der Waals surface area contributed by atoms with Gasteiger partial charge in [-0.3, -0.25) is 10.1 Å². The zero-order valence-corrected chi connectivity index (χ0v) is 15.7. The maximum atomic E-state index is 12.5. The number of carbonyl (C=O) groups is 2. The topological polar surface area (TPSA) is 91.3 Å². The predicted octanol–water partition coefficient (Wildman–Crippen LogP) is 4.46. The first-order chi connectivity index (χ1) is 12.9. The smallest absolute Gasteiger partial charge is 0.405 e. The van der Waals surface area contributed by atoms with Crippen molar-refractivity contribution in [3.8, 4) is 21.7 Å². The van der Waals surface area contributed by atoms with E-state index in [1.54, 1.807) is 0 Å². The van der Waals surface area contributed by atoms with Gasteiger partial charge in [-0.25, -0.2) is 9.78 Å². The summed E-state index contributed by atoms with van der Waals surface area (Å²) in [6.45, 7) is 3.00. The summed E-state index contributed by atoms with van der Waals surface area (Å²) in [4.78, 5) is 28.9. The number of anilines is 1. The van der Waals surface area contributed by atoms with Gasteiger partial charge in [0.2, 0.25) is 0 Å². The SMILES string of the molecule is CC(C)(NC(=O)O)C(=O)Nc1nc(-c2ccccc2)c(-c2ccccc2)s1. The molecule has 0 saturated carbocycles. The normalized spacial score (nSPS) is 11.0. The molecule has 3 aromatic rings. The lowest BCUT2D eigenvalue weighted by Gasteiger charge is -2.22. The monoisotopic (exact) mass is 381 g/mol. The standard InChI is InChI=1S/C20H19N3O3S/c1-20(2,23-19(25)26)17(24)22-18-21-15(13-9-5-3-6-10-13)16(27-18)14-11-7-4-8-12-14/h3-12,23H,1-2H3,(H,25,26)(H,21,22,24). The Bertz CT molecular complexity index is 896. The third kappa shape index (κ3) is 4.32. The molecule has 3 N–H and O–H groups in total. The van der Waals surface area contributed by atoms with E-state index in [2.05, 4.69) is 15.6 Å². The second-order valence-electron chi connectivity index (χ2n) is 6.44. The Morgan fingerprint density at radius 2 is 1.52 bits per heavy atom. The number of amides is 2. The molecule has 138 valence electrons. The van der Waals surface area contributed by atoms with Crippen molar-refractivity contribution in [1.29, 1.82) is 0 Å². The first-order valence-electron chi connectivity index (χ1n) is 8.31. The van der Waals surface area contributed by atoms with Crippen molar-refractivity contribution in [2.45, 2.75) is 19.4 Å². The van der Waals surface area contributed by atoms with Crippen molar-refractivity contribution in [1.82, 2.24) is 10.3 Å². The Labute approximate surface area is 160 Å². The molecule has 6 nitrogen and oxygen atoms in total. The van der Waals surface area contributed by atoms with E-state index < -0.39 is 17.5 Å². The molecule has 0 spiro atoms. The van der Waals surface area contributed by atoms with Gasteiger partial charge in [-0.15, -0.1) is 0 Å². The second kappa shape index (κ2) is 7.59. The van der Waals surface area contributed by atoms with Crippen molar-refractivity contribution in [2.24, 2.45) is 0 Å². The Morgan fingerprint density at radius 3 is 2.07 bits per heavy atom. The van der Waals surface area contributed by atoms with Gasteiger partial charge in [0, 0.05) is 5.56 Å². The predicted molar refractivity (Wildman–Crippen MR) is 107 cm³/mol. The van der Waals surface area contributed by atoms with Crippen LogP contribution in [0.15, 0.2) is 60.7 Å². The van der Waals surface area contributed by atoms with Crippen molar-refractivity contribution < 1.29 is 14.7 Å². The molecule has 27 heavy (non-hydrogen) atoms. The zero-order valence-electron chi connectivity index (χ0n) is 14.9. The van der Waals surface area contributed by atoms with E-state index in [-0.39, 0.29) is 0 Å². The summed E-state index contributed by atoms with van der Waals surface area (Å²) in [5.41, 5.74) is 1.43. The summed E-state index contributed by atoms with van der Waals surface area (Å²) in [5.74, 6) is -0.474. The van der Waals surface area contributed by atoms with Gasteiger partial charge in [-0.05, 0) is 19.4 Å². The van der Waals surface area contributed by atoms with Crippen molar-refractivity contribution in [3.05, 3.63) is 60.7 Å². The molecule has 0 bridgehead atoms. The van der Waals surface area contributed by atoms with Crippen LogP contribution in [0.4, 0.5) is 9.93 Å². The molecule has 1 heterocycles. The number of carboxylic acid groups (broad SMARTS) is 1. The highest BCUT2D eigenvalue weighted by atomic mass is 32.1. The van der Waals surface area contributed by atoms with Crippen LogP contribution in [0.3, 0.4) is 0 Å².